The van der Waals surface area contributed by atoms with Crippen molar-refractivity contribution >= 4 is 17.5 Å². The second kappa shape index (κ2) is 5.10. The molecule has 8 heteroatoms. The van der Waals surface area contributed by atoms with Gasteiger partial charge in [0.2, 0.25) is 5.82 Å². The molecule has 20 heavy (non-hydrogen) atoms. The van der Waals surface area contributed by atoms with Crippen LogP contribution in [0.15, 0.2) is 0 Å². The average Bonchev–Trinajstić information content (AvgIpc) is 2.92. The number of anilines is 1. The Hall–Kier alpha value is -2.12. The molecule has 110 valence electrons. The first kappa shape index (κ1) is 14.3. The molecule has 2 N–H and O–H groups in total. The van der Waals surface area contributed by atoms with Crippen LogP contribution in [0.25, 0.3) is 0 Å². The van der Waals surface area contributed by atoms with Crippen LogP contribution in [0, 0.1) is 22.5 Å². The van der Waals surface area contributed by atoms with Crippen molar-refractivity contribution in [3.05, 3.63) is 15.8 Å². The van der Waals surface area contributed by atoms with E-state index >= 15 is 0 Å². The minimum Gasteiger partial charge on any atom is -0.481 e. The van der Waals surface area contributed by atoms with E-state index < -0.39 is 16.3 Å². The van der Waals surface area contributed by atoms with Crippen LogP contribution < -0.4 is 5.32 Å². The summed E-state index contributed by atoms with van der Waals surface area (Å²) in [5.41, 5.74) is -0.603. The van der Waals surface area contributed by atoms with E-state index in [1.165, 1.54) is 4.68 Å². The van der Waals surface area contributed by atoms with E-state index in [1.54, 1.807) is 14.0 Å². The van der Waals surface area contributed by atoms with Gasteiger partial charge in [0.15, 0.2) is 0 Å². The Morgan fingerprint density at radius 2 is 2.15 bits per heavy atom. The van der Waals surface area contributed by atoms with Crippen LogP contribution in [0.3, 0.4) is 0 Å². The Bertz CT molecular complexity index is 546. The Kier molecular flexibility index (Phi) is 3.65. The van der Waals surface area contributed by atoms with Gasteiger partial charge in [-0.05, 0) is 19.8 Å². The number of aliphatic carboxylic acids is 1. The van der Waals surface area contributed by atoms with Gasteiger partial charge in [-0.2, -0.15) is 5.10 Å². The molecule has 1 aliphatic carbocycles. The first-order valence-corrected chi connectivity index (χ1v) is 6.53. The highest BCUT2D eigenvalue weighted by molar-refractivity contribution is 5.76. The normalized spacial score (nSPS) is 17.1. The molecule has 1 aromatic rings. The summed E-state index contributed by atoms with van der Waals surface area (Å²) in [7, 11) is 1.60. The largest absolute Gasteiger partial charge is 0.481 e. The Balaban J connectivity index is 2.23. The lowest BCUT2D eigenvalue weighted by molar-refractivity contribution is -0.384. The van der Waals surface area contributed by atoms with Crippen LogP contribution in [0.1, 0.15) is 31.4 Å². The number of aryl methyl sites for hydroxylation is 2. The zero-order valence-corrected chi connectivity index (χ0v) is 11.5. The fourth-order valence-corrected chi connectivity index (χ4v) is 2.83. The number of hydrogen-bond donors (Lipinski definition) is 2. The van der Waals surface area contributed by atoms with Gasteiger partial charge in [0, 0.05) is 13.6 Å². The number of nitrogens with zero attached hydrogens (tertiary/aromatic N) is 3. The number of hydrogen-bond acceptors (Lipinski definition) is 5. The summed E-state index contributed by atoms with van der Waals surface area (Å²) in [6.07, 6.45) is 2.95. The van der Waals surface area contributed by atoms with E-state index in [9.17, 15) is 20.0 Å². The molecule has 0 atom stereocenters. The van der Waals surface area contributed by atoms with Crippen molar-refractivity contribution in [3.63, 3.8) is 0 Å². The average molecular weight is 282 g/mol. The van der Waals surface area contributed by atoms with Gasteiger partial charge in [0.25, 0.3) is 0 Å². The van der Waals surface area contributed by atoms with E-state index in [4.69, 9.17) is 0 Å². The molecule has 0 unspecified atom stereocenters. The second-order valence-corrected chi connectivity index (χ2v) is 5.31. The van der Waals surface area contributed by atoms with Crippen molar-refractivity contribution in [1.29, 1.82) is 0 Å². The first-order chi connectivity index (χ1) is 9.37. The van der Waals surface area contributed by atoms with E-state index in [0.29, 0.717) is 18.5 Å². The molecule has 0 spiro atoms. The second-order valence-electron chi connectivity index (χ2n) is 5.31. The van der Waals surface area contributed by atoms with Crippen molar-refractivity contribution in [1.82, 2.24) is 9.78 Å². The van der Waals surface area contributed by atoms with Gasteiger partial charge in [0.05, 0.1) is 10.3 Å². The van der Waals surface area contributed by atoms with Crippen LogP contribution in [-0.4, -0.2) is 32.3 Å². The van der Waals surface area contributed by atoms with Crippen LogP contribution >= 0.6 is 0 Å². The molecule has 1 aliphatic rings. The molecular weight excluding hydrogens is 264 g/mol. The first-order valence-electron chi connectivity index (χ1n) is 6.53. The van der Waals surface area contributed by atoms with Crippen LogP contribution in [0.4, 0.5) is 11.5 Å². The molecule has 0 saturated heterocycles. The highest BCUT2D eigenvalue weighted by Crippen LogP contribution is 2.39. The summed E-state index contributed by atoms with van der Waals surface area (Å²) in [4.78, 5) is 22.0. The molecule has 0 amide bonds. The number of nitro groups is 1. The smallest absolute Gasteiger partial charge is 0.333 e. The van der Waals surface area contributed by atoms with E-state index in [2.05, 4.69) is 10.4 Å². The standard InChI is InChI=1S/C12H18N4O4/c1-8-9(16(19)20)10(15(2)14-8)13-7-12(11(17)18)5-3-4-6-12/h13H,3-7H2,1-2H3,(H,17,18). The third kappa shape index (κ3) is 2.33. The topological polar surface area (TPSA) is 110 Å². The summed E-state index contributed by atoms with van der Waals surface area (Å²) in [6.45, 7) is 1.74. The lowest BCUT2D eigenvalue weighted by Gasteiger charge is -2.24. The lowest BCUT2D eigenvalue weighted by atomic mass is 9.86. The number of carboxylic acid groups (broad SMARTS) is 1. The van der Waals surface area contributed by atoms with Crippen LogP contribution in [0.5, 0.6) is 0 Å². The maximum absolute atomic E-state index is 11.5. The van der Waals surface area contributed by atoms with Crippen LogP contribution in [-0.2, 0) is 11.8 Å². The predicted molar refractivity (Wildman–Crippen MR) is 71.6 cm³/mol. The maximum Gasteiger partial charge on any atom is 0.333 e. The summed E-state index contributed by atoms with van der Waals surface area (Å²) in [6, 6.07) is 0. The van der Waals surface area contributed by atoms with Gasteiger partial charge >= 0.3 is 11.7 Å². The Labute approximate surface area is 115 Å². The third-order valence-electron chi connectivity index (χ3n) is 3.98. The third-order valence-corrected chi connectivity index (χ3v) is 3.98. The van der Waals surface area contributed by atoms with Gasteiger partial charge < -0.3 is 10.4 Å². The fraction of sp³-hybridized carbons (Fsp3) is 0.667. The molecule has 1 fully saturated rings. The summed E-state index contributed by atoms with van der Waals surface area (Å²) in [5, 5.41) is 27.4. The Morgan fingerprint density at radius 1 is 1.55 bits per heavy atom. The summed E-state index contributed by atoms with van der Waals surface area (Å²) >= 11 is 0. The van der Waals surface area contributed by atoms with E-state index in [1.807, 2.05) is 0 Å². The summed E-state index contributed by atoms with van der Waals surface area (Å²) in [5.74, 6) is -0.580. The molecular formula is C12H18N4O4. The monoisotopic (exact) mass is 282 g/mol. The number of carboxylic acids is 1. The van der Waals surface area contributed by atoms with Gasteiger partial charge in [-0.1, -0.05) is 12.8 Å². The van der Waals surface area contributed by atoms with Crippen molar-refractivity contribution in [2.45, 2.75) is 32.6 Å². The van der Waals surface area contributed by atoms with Crippen molar-refractivity contribution in [2.24, 2.45) is 12.5 Å². The highest BCUT2D eigenvalue weighted by atomic mass is 16.6. The van der Waals surface area contributed by atoms with Crippen molar-refractivity contribution < 1.29 is 14.8 Å². The zero-order valence-electron chi connectivity index (χ0n) is 11.5. The van der Waals surface area contributed by atoms with Crippen molar-refractivity contribution in [2.75, 3.05) is 11.9 Å². The molecule has 0 aromatic carbocycles. The minimum absolute atomic E-state index is 0.0916. The molecule has 2 rings (SSSR count). The minimum atomic E-state index is -0.843. The van der Waals surface area contributed by atoms with E-state index in [-0.39, 0.29) is 18.1 Å². The van der Waals surface area contributed by atoms with Gasteiger partial charge in [-0.3, -0.25) is 14.9 Å². The van der Waals surface area contributed by atoms with Gasteiger partial charge in [-0.15, -0.1) is 0 Å². The predicted octanol–water partition coefficient (Wildman–Crippen LogP) is 1.69. The maximum atomic E-state index is 11.5. The SMILES string of the molecule is Cc1nn(C)c(NCC2(C(=O)O)CCCC2)c1[N+](=O)[O-]. The molecule has 0 bridgehead atoms. The quantitative estimate of drug-likeness (QED) is 0.628. The fourth-order valence-electron chi connectivity index (χ4n) is 2.83. The molecule has 0 radical (unpaired) electrons. The van der Waals surface area contributed by atoms with E-state index in [0.717, 1.165) is 12.8 Å². The van der Waals surface area contributed by atoms with Gasteiger partial charge in [0.1, 0.15) is 5.69 Å². The number of rotatable bonds is 5. The zero-order chi connectivity index (χ0) is 14.9. The molecule has 1 heterocycles. The van der Waals surface area contributed by atoms with Gasteiger partial charge in [-0.25, -0.2) is 4.68 Å². The van der Waals surface area contributed by atoms with Crippen LogP contribution in [0.2, 0.25) is 0 Å². The number of aromatic nitrogens is 2. The lowest BCUT2D eigenvalue weighted by Crippen LogP contribution is -2.35. The molecule has 1 aromatic heterocycles. The Morgan fingerprint density at radius 3 is 2.65 bits per heavy atom. The highest BCUT2D eigenvalue weighted by Gasteiger charge is 2.41. The molecule has 0 aliphatic heterocycles. The summed E-state index contributed by atoms with van der Waals surface area (Å²) < 4.78 is 1.39. The molecule has 8 nitrogen and oxygen atoms in total. The van der Waals surface area contributed by atoms with Crippen molar-refractivity contribution in [3.8, 4) is 0 Å². The number of carbonyl (C=O) groups is 1. The molecule has 1 saturated carbocycles. The number of nitrogens with one attached hydrogen (secondary N) is 1.